The van der Waals surface area contributed by atoms with Crippen LogP contribution < -0.4 is 0 Å². The molecule has 14 heavy (non-hydrogen) atoms. The molecule has 2 nitrogen and oxygen atoms in total. The van der Waals surface area contributed by atoms with Crippen molar-refractivity contribution in [2.24, 2.45) is 5.92 Å². The number of fused-ring (bicyclic) bond motifs is 2. The third kappa shape index (κ3) is 1.24. The standard InChI is InChI=1S/C12H18O2/c1-2-4-10-6-7-12(11(10)5-3-1)13-8-9-14-12/h5,10H,1-4,6-9H2. The molecule has 0 N–H and O–H groups in total. The quantitative estimate of drug-likeness (QED) is 0.552. The molecule has 3 rings (SSSR count). The Bertz CT molecular complexity index is 251. The lowest BCUT2D eigenvalue weighted by atomic mass is 9.97. The monoisotopic (exact) mass is 194 g/mol. The molecule has 0 aromatic heterocycles. The highest BCUT2D eigenvalue weighted by Gasteiger charge is 2.48. The van der Waals surface area contributed by atoms with E-state index in [9.17, 15) is 0 Å². The number of allylic oxidation sites excluding steroid dienone is 1. The first kappa shape index (κ1) is 8.93. The van der Waals surface area contributed by atoms with Gasteiger partial charge in [-0.2, -0.15) is 0 Å². The van der Waals surface area contributed by atoms with E-state index in [-0.39, 0.29) is 5.79 Å². The first-order chi connectivity index (χ1) is 6.91. The molecule has 3 aliphatic rings. The van der Waals surface area contributed by atoms with E-state index in [1.54, 1.807) is 0 Å². The highest BCUT2D eigenvalue weighted by molar-refractivity contribution is 5.23. The van der Waals surface area contributed by atoms with Crippen molar-refractivity contribution in [1.29, 1.82) is 0 Å². The lowest BCUT2D eigenvalue weighted by molar-refractivity contribution is -0.120. The molecular formula is C12H18O2. The van der Waals surface area contributed by atoms with Crippen LogP contribution in [0, 0.1) is 5.92 Å². The van der Waals surface area contributed by atoms with Gasteiger partial charge in [-0.05, 0) is 37.2 Å². The van der Waals surface area contributed by atoms with E-state index in [0.29, 0.717) is 0 Å². The van der Waals surface area contributed by atoms with E-state index < -0.39 is 0 Å². The average molecular weight is 194 g/mol. The Kier molecular flexibility index (Phi) is 2.14. The molecule has 0 radical (unpaired) electrons. The lowest BCUT2D eigenvalue weighted by Crippen LogP contribution is -2.29. The third-order valence-corrected chi connectivity index (χ3v) is 3.83. The summed E-state index contributed by atoms with van der Waals surface area (Å²) in [7, 11) is 0. The molecule has 1 saturated carbocycles. The van der Waals surface area contributed by atoms with Crippen LogP contribution in [-0.4, -0.2) is 19.0 Å². The molecule has 2 heteroatoms. The van der Waals surface area contributed by atoms with Gasteiger partial charge in [0.2, 0.25) is 0 Å². The predicted octanol–water partition coefficient (Wildman–Crippen LogP) is 2.64. The van der Waals surface area contributed by atoms with Crippen LogP contribution >= 0.6 is 0 Å². The topological polar surface area (TPSA) is 18.5 Å². The highest BCUT2D eigenvalue weighted by atomic mass is 16.7. The van der Waals surface area contributed by atoms with Crippen molar-refractivity contribution in [3.63, 3.8) is 0 Å². The van der Waals surface area contributed by atoms with Crippen molar-refractivity contribution in [2.75, 3.05) is 13.2 Å². The second-order valence-electron chi connectivity index (χ2n) is 4.63. The van der Waals surface area contributed by atoms with Crippen molar-refractivity contribution in [3.8, 4) is 0 Å². The van der Waals surface area contributed by atoms with Gasteiger partial charge in [0, 0.05) is 6.42 Å². The minimum atomic E-state index is -0.269. The largest absolute Gasteiger partial charge is 0.344 e. The van der Waals surface area contributed by atoms with Crippen LogP contribution in [-0.2, 0) is 9.47 Å². The molecule has 0 aromatic rings. The zero-order chi connectivity index (χ0) is 9.43. The maximum Gasteiger partial charge on any atom is 0.191 e. The Balaban J connectivity index is 1.90. The minimum absolute atomic E-state index is 0.269. The van der Waals surface area contributed by atoms with Crippen molar-refractivity contribution in [1.82, 2.24) is 0 Å². The van der Waals surface area contributed by atoms with Crippen LogP contribution in [0.2, 0.25) is 0 Å². The van der Waals surface area contributed by atoms with Gasteiger partial charge in [-0.1, -0.05) is 12.5 Å². The van der Waals surface area contributed by atoms with Gasteiger partial charge < -0.3 is 9.47 Å². The summed E-state index contributed by atoms with van der Waals surface area (Å²) in [6.45, 7) is 1.56. The van der Waals surface area contributed by atoms with Crippen molar-refractivity contribution >= 4 is 0 Å². The van der Waals surface area contributed by atoms with Gasteiger partial charge >= 0.3 is 0 Å². The molecular weight excluding hydrogens is 176 g/mol. The molecule has 1 atom stereocenters. The molecule has 1 aliphatic heterocycles. The number of hydrogen-bond acceptors (Lipinski definition) is 2. The summed E-state index contributed by atoms with van der Waals surface area (Å²) in [5, 5.41) is 0. The van der Waals surface area contributed by atoms with Crippen LogP contribution in [0.1, 0.15) is 38.5 Å². The summed E-state index contributed by atoms with van der Waals surface area (Å²) in [5.74, 6) is 0.491. The molecule has 0 amide bonds. The molecule has 1 heterocycles. The molecule has 78 valence electrons. The van der Waals surface area contributed by atoms with Gasteiger partial charge in [0.25, 0.3) is 0 Å². The van der Waals surface area contributed by atoms with Gasteiger partial charge in [0.15, 0.2) is 5.79 Å². The lowest BCUT2D eigenvalue weighted by Gasteiger charge is -2.25. The fraction of sp³-hybridized carbons (Fsp3) is 0.833. The molecule has 1 spiro atoms. The van der Waals surface area contributed by atoms with E-state index in [2.05, 4.69) is 6.08 Å². The van der Waals surface area contributed by atoms with Crippen LogP contribution in [0.15, 0.2) is 11.6 Å². The van der Waals surface area contributed by atoms with Crippen molar-refractivity contribution < 1.29 is 9.47 Å². The zero-order valence-electron chi connectivity index (χ0n) is 8.63. The smallest absolute Gasteiger partial charge is 0.191 e. The van der Waals surface area contributed by atoms with E-state index in [1.165, 1.54) is 37.7 Å². The van der Waals surface area contributed by atoms with Gasteiger partial charge in [-0.3, -0.25) is 0 Å². The normalized spacial score (nSPS) is 35.4. The summed E-state index contributed by atoms with van der Waals surface area (Å²) >= 11 is 0. The van der Waals surface area contributed by atoms with E-state index in [0.717, 1.165) is 25.6 Å². The summed E-state index contributed by atoms with van der Waals surface area (Å²) in [6.07, 6.45) is 10.0. The first-order valence-electron chi connectivity index (χ1n) is 5.89. The predicted molar refractivity (Wildman–Crippen MR) is 53.9 cm³/mol. The fourth-order valence-corrected chi connectivity index (χ4v) is 3.16. The summed E-state index contributed by atoms with van der Waals surface area (Å²) in [5.41, 5.74) is 1.48. The SMILES string of the molecule is C1=C2C(CCCC1)CCC21OCCO1. The second-order valence-corrected chi connectivity index (χ2v) is 4.63. The van der Waals surface area contributed by atoms with Crippen LogP contribution in [0.3, 0.4) is 0 Å². The average Bonchev–Trinajstić information content (AvgIpc) is 2.72. The minimum Gasteiger partial charge on any atom is -0.344 e. The Hall–Kier alpha value is -0.340. The Labute approximate surface area is 85.3 Å². The molecule has 2 fully saturated rings. The molecule has 1 unspecified atom stereocenters. The van der Waals surface area contributed by atoms with E-state index >= 15 is 0 Å². The Morgan fingerprint density at radius 1 is 1.14 bits per heavy atom. The molecule has 0 aromatic carbocycles. The van der Waals surface area contributed by atoms with Crippen LogP contribution in [0.5, 0.6) is 0 Å². The first-order valence-corrected chi connectivity index (χ1v) is 5.89. The number of ether oxygens (including phenoxy) is 2. The van der Waals surface area contributed by atoms with Gasteiger partial charge in [0.1, 0.15) is 0 Å². The maximum atomic E-state index is 5.84. The van der Waals surface area contributed by atoms with Gasteiger partial charge in [0.05, 0.1) is 13.2 Å². The highest BCUT2D eigenvalue weighted by Crippen LogP contribution is 2.48. The third-order valence-electron chi connectivity index (χ3n) is 3.83. The fourth-order valence-electron chi connectivity index (χ4n) is 3.16. The second kappa shape index (κ2) is 3.35. The molecule has 2 aliphatic carbocycles. The summed E-state index contributed by atoms with van der Waals surface area (Å²) < 4.78 is 11.7. The molecule has 0 bridgehead atoms. The van der Waals surface area contributed by atoms with Gasteiger partial charge in [-0.25, -0.2) is 0 Å². The van der Waals surface area contributed by atoms with E-state index in [1.807, 2.05) is 0 Å². The number of rotatable bonds is 0. The van der Waals surface area contributed by atoms with Crippen LogP contribution in [0.25, 0.3) is 0 Å². The van der Waals surface area contributed by atoms with Crippen LogP contribution in [0.4, 0.5) is 0 Å². The van der Waals surface area contributed by atoms with Crippen molar-refractivity contribution in [3.05, 3.63) is 11.6 Å². The Morgan fingerprint density at radius 2 is 2.00 bits per heavy atom. The number of hydrogen-bond donors (Lipinski definition) is 0. The Morgan fingerprint density at radius 3 is 2.86 bits per heavy atom. The maximum absolute atomic E-state index is 5.84. The van der Waals surface area contributed by atoms with E-state index in [4.69, 9.17) is 9.47 Å². The van der Waals surface area contributed by atoms with Crippen molar-refractivity contribution in [2.45, 2.75) is 44.3 Å². The van der Waals surface area contributed by atoms with Gasteiger partial charge in [-0.15, -0.1) is 0 Å². The summed E-state index contributed by atoms with van der Waals surface area (Å²) in [4.78, 5) is 0. The summed E-state index contributed by atoms with van der Waals surface area (Å²) in [6, 6.07) is 0. The zero-order valence-corrected chi connectivity index (χ0v) is 8.63. The molecule has 1 saturated heterocycles.